The summed E-state index contributed by atoms with van der Waals surface area (Å²) in [6.07, 6.45) is 0.500. The molecule has 0 aliphatic heterocycles. The number of hydrogen-bond acceptors (Lipinski definition) is 2. The first-order valence-electron chi connectivity index (χ1n) is 5.72. The van der Waals surface area contributed by atoms with E-state index in [1.165, 1.54) is 0 Å². The largest absolute Gasteiger partial charge is 0.481 e. The van der Waals surface area contributed by atoms with E-state index in [1.807, 2.05) is 6.92 Å². The van der Waals surface area contributed by atoms with Crippen molar-refractivity contribution in [1.29, 1.82) is 0 Å². The van der Waals surface area contributed by atoms with Crippen LogP contribution < -0.4 is 5.32 Å². The van der Waals surface area contributed by atoms with Gasteiger partial charge in [0.25, 0.3) is 5.91 Å². The number of carboxylic acids is 1. The molecule has 1 amide bonds. The van der Waals surface area contributed by atoms with E-state index < -0.39 is 5.97 Å². The van der Waals surface area contributed by atoms with Crippen LogP contribution in [0, 0.1) is 6.92 Å². The summed E-state index contributed by atoms with van der Waals surface area (Å²) in [5.74, 6) is -1.19. The van der Waals surface area contributed by atoms with Gasteiger partial charge in [0.2, 0.25) is 0 Å². The lowest BCUT2D eigenvalue weighted by Gasteiger charge is -2.15. The van der Waals surface area contributed by atoms with Crippen LogP contribution in [-0.4, -0.2) is 23.0 Å². The van der Waals surface area contributed by atoms with Gasteiger partial charge in [-0.3, -0.25) is 9.59 Å². The maximum absolute atomic E-state index is 12.0. The predicted octanol–water partition coefficient (Wildman–Crippen LogP) is 2.63. The number of aliphatic carboxylic acids is 1. The lowest BCUT2D eigenvalue weighted by Crippen LogP contribution is -2.36. The number of amides is 1. The molecule has 98 valence electrons. The summed E-state index contributed by atoms with van der Waals surface area (Å²) in [5, 5.41) is 12.0. The summed E-state index contributed by atoms with van der Waals surface area (Å²) in [6.45, 7) is 3.63. The molecule has 0 aliphatic rings. The van der Waals surface area contributed by atoms with Gasteiger partial charge in [0, 0.05) is 16.6 Å². The standard InChI is InChI=1S/C13H16ClNO3/c1-3-10(7-12(16)17)15-13(18)11-5-4-9(14)6-8(11)2/h4-6,10H,3,7H2,1-2H3,(H,15,18)(H,16,17). The van der Waals surface area contributed by atoms with Gasteiger partial charge in [-0.15, -0.1) is 0 Å². The lowest BCUT2D eigenvalue weighted by molar-refractivity contribution is -0.137. The fourth-order valence-electron chi connectivity index (χ4n) is 1.65. The van der Waals surface area contributed by atoms with E-state index in [4.69, 9.17) is 16.7 Å². The van der Waals surface area contributed by atoms with Crippen molar-refractivity contribution in [2.45, 2.75) is 32.7 Å². The van der Waals surface area contributed by atoms with E-state index in [0.717, 1.165) is 5.56 Å². The summed E-state index contributed by atoms with van der Waals surface area (Å²) in [7, 11) is 0. The molecular weight excluding hydrogens is 254 g/mol. The molecule has 0 fully saturated rings. The van der Waals surface area contributed by atoms with Crippen LogP contribution in [0.1, 0.15) is 35.7 Å². The van der Waals surface area contributed by atoms with Crippen molar-refractivity contribution in [3.63, 3.8) is 0 Å². The summed E-state index contributed by atoms with van der Waals surface area (Å²) in [4.78, 5) is 22.6. The molecule has 1 unspecified atom stereocenters. The van der Waals surface area contributed by atoms with Crippen molar-refractivity contribution in [2.24, 2.45) is 0 Å². The van der Waals surface area contributed by atoms with Crippen LogP contribution in [0.3, 0.4) is 0 Å². The second-order valence-corrected chi connectivity index (χ2v) is 4.57. The molecule has 1 rings (SSSR count). The Balaban J connectivity index is 2.77. The van der Waals surface area contributed by atoms with Crippen molar-refractivity contribution in [3.05, 3.63) is 34.3 Å². The Kier molecular flexibility index (Phi) is 5.16. The number of carboxylic acid groups (broad SMARTS) is 1. The molecule has 1 aromatic carbocycles. The Morgan fingerprint density at radius 2 is 2.11 bits per heavy atom. The quantitative estimate of drug-likeness (QED) is 0.863. The smallest absolute Gasteiger partial charge is 0.305 e. The highest BCUT2D eigenvalue weighted by atomic mass is 35.5. The normalized spacial score (nSPS) is 11.9. The summed E-state index contributed by atoms with van der Waals surface area (Å²) in [5.41, 5.74) is 1.29. The van der Waals surface area contributed by atoms with Crippen LogP contribution in [-0.2, 0) is 4.79 Å². The number of rotatable bonds is 5. The van der Waals surface area contributed by atoms with E-state index in [9.17, 15) is 9.59 Å². The fraction of sp³-hybridized carbons (Fsp3) is 0.385. The van der Waals surface area contributed by atoms with E-state index in [0.29, 0.717) is 17.0 Å². The molecule has 18 heavy (non-hydrogen) atoms. The molecule has 1 atom stereocenters. The number of benzene rings is 1. The number of aryl methyl sites for hydroxylation is 1. The van der Waals surface area contributed by atoms with Gasteiger partial charge in [-0.25, -0.2) is 0 Å². The van der Waals surface area contributed by atoms with Gasteiger partial charge in [0.15, 0.2) is 0 Å². The van der Waals surface area contributed by atoms with Gasteiger partial charge in [0.1, 0.15) is 0 Å². The highest BCUT2D eigenvalue weighted by Crippen LogP contribution is 2.15. The first-order chi connectivity index (χ1) is 8.43. The Bertz CT molecular complexity index is 460. The number of hydrogen-bond donors (Lipinski definition) is 2. The third kappa shape index (κ3) is 4.04. The zero-order valence-electron chi connectivity index (χ0n) is 10.4. The molecule has 0 spiro atoms. The van der Waals surface area contributed by atoms with Gasteiger partial charge in [-0.05, 0) is 37.1 Å². The molecule has 0 radical (unpaired) electrons. The average Bonchev–Trinajstić information content (AvgIpc) is 2.27. The summed E-state index contributed by atoms with van der Waals surface area (Å²) < 4.78 is 0. The average molecular weight is 270 g/mol. The monoisotopic (exact) mass is 269 g/mol. The molecule has 0 aliphatic carbocycles. The molecule has 1 aromatic rings. The Morgan fingerprint density at radius 1 is 1.44 bits per heavy atom. The molecule has 4 nitrogen and oxygen atoms in total. The van der Waals surface area contributed by atoms with Gasteiger partial charge in [-0.2, -0.15) is 0 Å². The second kappa shape index (κ2) is 6.40. The van der Waals surface area contributed by atoms with Gasteiger partial charge in [-0.1, -0.05) is 18.5 Å². The third-order valence-corrected chi connectivity index (χ3v) is 2.92. The SMILES string of the molecule is CCC(CC(=O)O)NC(=O)c1ccc(Cl)cc1C. The minimum absolute atomic E-state index is 0.0745. The van der Waals surface area contributed by atoms with Crippen molar-refractivity contribution >= 4 is 23.5 Å². The molecule has 2 N–H and O–H groups in total. The first-order valence-corrected chi connectivity index (χ1v) is 6.10. The summed E-state index contributed by atoms with van der Waals surface area (Å²) in [6, 6.07) is 4.63. The van der Waals surface area contributed by atoms with Crippen molar-refractivity contribution in [3.8, 4) is 0 Å². The van der Waals surface area contributed by atoms with Crippen molar-refractivity contribution in [2.75, 3.05) is 0 Å². The molecule has 5 heteroatoms. The lowest BCUT2D eigenvalue weighted by atomic mass is 10.1. The number of carbonyl (C=O) groups excluding carboxylic acids is 1. The van der Waals surface area contributed by atoms with E-state index in [-0.39, 0.29) is 18.4 Å². The predicted molar refractivity (Wildman–Crippen MR) is 70.0 cm³/mol. The molecular formula is C13H16ClNO3. The van der Waals surface area contributed by atoms with E-state index in [2.05, 4.69) is 5.32 Å². The molecule has 0 saturated heterocycles. The van der Waals surface area contributed by atoms with Crippen LogP contribution in [0.25, 0.3) is 0 Å². The Labute approximate surface area is 111 Å². The van der Waals surface area contributed by atoms with Gasteiger partial charge < -0.3 is 10.4 Å². The second-order valence-electron chi connectivity index (χ2n) is 4.14. The minimum Gasteiger partial charge on any atom is -0.481 e. The Morgan fingerprint density at radius 3 is 2.61 bits per heavy atom. The van der Waals surface area contributed by atoms with Crippen LogP contribution in [0.15, 0.2) is 18.2 Å². The Hall–Kier alpha value is -1.55. The summed E-state index contributed by atoms with van der Waals surface area (Å²) >= 11 is 5.81. The highest BCUT2D eigenvalue weighted by molar-refractivity contribution is 6.30. The van der Waals surface area contributed by atoms with Crippen LogP contribution in [0.2, 0.25) is 5.02 Å². The third-order valence-electron chi connectivity index (χ3n) is 2.68. The minimum atomic E-state index is -0.921. The molecule has 0 bridgehead atoms. The van der Waals surface area contributed by atoms with Crippen LogP contribution in [0.4, 0.5) is 0 Å². The maximum Gasteiger partial charge on any atom is 0.305 e. The van der Waals surface area contributed by atoms with Crippen LogP contribution in [0.5, 0.6) is 0 Å². The van der Waals surface area contributed by atoms with E-state index in [1.54, 1.807) is 25.1 Å². The van der Waals surface area contributed by atoms with Crippen LogP contribution >= 0.6 is 11.6 Å². The number of halogens is 1. The maximum atomic E-state index is 12.0. The topological polar surface area (TPSA) is 66.4 Å². The van der Waals surface area contributed by atoms with Crippen molar-refractivity contribution < 1.29 is 14.7 Å². The molecule has 0 aromatic heterocycles. The zero-order valence-corrected chi connectivity index (χ0v) is 11.1. The fourth-order valence-corrected chi connectivity index (χ4v) is 1.88. The molecule has 0 saturated carbocycles. The highest BCUT2D eigenvalue weighted by Gasteiger charge is 2.16. The van der Waals surface area contributed by atoms with Crippen molar-refractivity contribution in [1.82, 2.24) is 5.32 Å². The van der Waals surface area contributed by atoms with Gasteiger partial charge >= 0.3 is 5.97 Å². The number of carbonyl (C=O) groups is 2. The van der Waals surface area contributed by atoms with Gasteiger partial charge in [0.05, 0.1) is 6.42 Å². The zero-order chi connectivity index (χ0) is 13.7. The first kappa shape index (κ1) is 14.5. The van der Waals surface area contributed by atoms with E-state index >= 15 is 0 Å². The molecule has 0 heterocycles. The number of nitrogens with one attached hydrogen (secondary N) is 1.